The van der Waals surface area contributed by atoms with Crippen molar-refractivity contribution < 1.29 is 9.53 Å². The molecule has 4 heteroatoms. The summed E-state index contributed by atoms with van der Waals surface area (Å²) in [7, 11) is 1.44. The van der Waals surface area contributed by atoms with E-state index in [9.17, 15) is 4.79 Å². The highest BCUT2D eigenvalue weighted by Gasteiger charge is 2.34. The van der Waals surface area contributed by atoms with Crippen molar-refractivity contribution in [2.45, 2.75) is 5.92 Å². The minimum absolute atomic E-state index is 0.0701. The van der Waals surface area contributed by atoms with Gasteiger partial charge in [-0.15, -0.1) is 0 Å². The smallest absolute Gasteiger partial charge is 0.310 e. The third kappa shape index (κ3) is 2.28. The average molecular weight is 284 g/mol. The fourth-order valence-corrected chi connectivity index (χ4v) is 2.58. The van der Waals surface area contributed by atoms with Crippen LogP contribution >= 0.6 is 15.9 Å². The van der Waals surface area contributed by atoms with Crippen molar-refractivity contribution in [3.05, 3.63) is 34.3 Å². The summed E-state index contributed by atoms with van der Waals surface area (Å²) in [5.41, 5.74) is 1.18. The molecule has 1 saturated heterocycles. The number of ether oxygens (including phenoxy) is 1. The van der Waals surface area contributed by atoms with Crippen molar-refractivity contribution in [2.75, 3.05) is 20.2 Å². The maximum absolute atomic E-state index is 11.6. The van der Waals surface area contributed by atoms with Gasteiger partial charge in [0.2, 0.25) is 0 Å². The molecule has 0 radical (unpaired) electrons. The lowest BCUT2D eigenvalue weighted by Gasteiger charge is -2.16. The molecule has 1 aromatic rings. The molecule has 0 spiro atoms. The number of benzene rings is 1. The quantitative estimate of drug-likeness (QED) is 0.843. The highest BCUT2D eigenvalue weighted by molar-refractivity contribution is 9.10. The van der Waals surface area contributed by atoms with Gasteiger partial charge in [-0.25, -0.2) is 0 Å². The zero-order valence-electron chi connectivity index (χ0n) is 9.07. The van der Waals surface area contributed by atoms with Crippen LogP contribution in [0.5, 0.6) is 0 Å². The fraction of sp³-hybridized carbons (Fsp3) is 0.417. The van der Waals surface area contributed by atoms with Gasteiger partial charge in [-0.1, -0.05) is 28.1 Å². The Labute approximate surface area is 103 Å². The first kappa shape index (κ1) is 11.6. The fourth-order valence-electron chi connectivity index (χ4n) is 2.17. The van der Waals surface area contributed by atoms with Gasteiger partial charge in [0.25, 0.3) is 0 Å². The highest BCUT2D eigenvalue weighted by Crippen LogP contribution is 2.30. The van der Waals surface area contributed by atoms with E-state index in [2.05, 4.69) is 33.4 Å². The molecule has 1 aliphatic rings. The van der Waals surface area contributed by atoms with Gasteiger partial charge in [0.15, 0.2) is 0 Å². The predicted octanol–water partition coefficient (Wildman–Crippen LogP) is 1.93. The first-order valence-corrected chi connectivity index (χ1v) is 6.05. The van der Waals surface area contributed by atoms with E-state index in [-0.39, 0.29) is 17.8 Å². The van der Waals surface area contributed by atoms with Crippen LogP contribution in [0, 0.1) is 5.92 Å². The lowest BCUT2D eigenvalue weighted by molar-refractivity contribution is -0.145. The van der Waals surface area contributed by atoms with E-state index in [1.54, 1.807) is 0 Å². The summed E-state index contributed by atoms with van der Waals surface area (Å²) in [6.07, 6.45) is 0. The molecule has 0 aliphatic carbocycles. The third-order valence-corrected chi connectivity index (χ3v) is 3.49. The normalized spacial score (nSPS) is 24.4. The minimum atomic E-state index is -0.130. The molecule has 1 aliphatic heterocycles. The predicted molar refractivity (Wildman–Crippen MR) is 65.3 cm³/mol. The lowest BCUT2D eigenvalue weighted by Crippen LogP contribution is -2.22. The highest BCUT2D eigenvalue weighted by atomic mass is 79.9. The lowest BCUT2D eigenvalue weighted by atomic mass is 9.89. The summed E-state index contributed by atoms with van der Waals surface area (Å²) in [5, 5.41) is 3.24. The molecule has 86 valence electrons. The molecule has 2 rings (SSSR count). The largest absolute Gasteiger partial charge is 0.469 e. The van der Waals surface area contributed by atoms with Crippen molar-refractivity contribution in [3.63, 3.8) is 0 Å². The second kappa shape index (κ2) is 4.97. The number of halogens is 1. The van der Waals surface area contributed by atoms with E-state index >= 15 is 0 Å². The van der Waals surface area contributed by atoms with Gasteiger partial charge >= 0.3 is 5.97 Å². The van der Waals surface area contributed by atoms with Crippen LogP contribution in [0.1, 0.15) is 11.5 Å². The molecule has 0 bridgehead atoms. The van der Waals surface area contributed by atoms with Crippen LogP contribution in [0.3, 0.4) is 0 Å². The molecule has 0 saturated carbocycles. The summed E-state index contributed by atoms with van der Waals surface area (Å²) < 4.78 is 5.87. The first-order chi connectivity index (χ1) is 7.72. The van der Waals surface area contributed by atoms with Crippen LogP contribution in [-0.2, 0) is 9.53 Å². The first-order valence-electron chi connectivity index (χ1n) is 5.26. The summed E-state index contributed by atoms with van der Waals surface area (Å²) in [6, 6.07) is 8.09. The molecular formula is C12H14BrNO2. The monoisotopic (exact) mass is 283 g/mol. The Kier molecular flexibility index (Phi) is 3.61. The van der Waals surface area contributed by atoms with Crippen molar-refractivity contribution in [1.29, 1.82) is 0 Å². The molecular weight excluding hydrogens is 270 g/mol. The Hall–Kier alpha value is -0.870. The second-order valence-corrected chi connectivity index (χ2v) is 4.87. The van der Waals surface area contributed by atoms with Crippen molar-refractivity contribution in [2.24, 2.45) is 5.92 Å². The molecule has 1 aromatic carbocycles. The molecule has 2 unspecified atom stereocenters. The Morgan fingerprint density at radius 3 is 3.00 bits per heavy atom. The molecule has 2 atom stereocenters. The van der Waals surface area contributed by atoms with Crippen LogP contribution in [0.4, 0.5) is 0 Å². The molecule has 16 heavy (non-hydrogen) atoms. The van der Waals surface area contributed by atoms with Crippen LogP contribution in [0.2, 0.25) is 0 Å². The van der Waals surface area contributed by atoms with Gasteiger partial charge < -0.3 is 10.1 Å². The van der Waals surface area contributed by atoms with E-state index in [0.29, 0.717) is 6.54 Å². The number of esters is 1. The maximum Gasteiger partial charge on any atom is 0.310 e. The van der Waals surface area contributed by atoms with Crippen LogP contribution in [0.15, 0.2) is 28.7 Å². The molecule has 1 N–H and O–H groups in total. The van der Waals surface area contributed by atoms with E-state index < -0.39 is 0 Å². The molecule has 0 amide bonds. The van der Waals surface area contributed by atoms with Crippen LogP contribution < -0.4 is 5.32 Å². The number of hydrogen-bond acceptors (Lipinski definition) is 3. The Balaban J connectivity index is 2.23. The topological polar surface area (TPSA) is 38.3 Å². The van der Waals surface area contributed by atoms with E-state index in [0.717, 1.165) is 11.0 Å². The minimum Gasteiger partial charge on any atom is -0.469 e. The van der Waals surface area contributed by atoms with Crippen LogP contribution in [-0.4, -0.2) is 26.2 Å². The summed E-state index contributed by atoms with van der Waals surface area (Å²) in [6.45, 7) is 1.53. The standard InChI is InChI=1S/C12H14BrNO2/c1-16-12(15)11-7-14-6-10(11)8-3-2-4-9(13)5-8/h2-5,10-11,14H,6-7H2,1H3. The van der Waals surface area contributed by atoms with Crippen LogP contribution in [0.25, 0.3) is 0 Å². The Morgan fingerprint density at radius 1 is 1.50 bits per heavy atom. The van der Waals surface area contributed by atoms with Gasteiger partial charge in [-0.3, -0.25) is 4.79 Å². The number of carbonyl (C=O) groups is 1. The second-order valence-electron chi connectivity index (χ2n) is 3.95. The van der Waals surface area contributed by atoms with Gasteiger partial charge in [-0.05, 0) is 17.7 Å². The van der Waals surface area contributed by atoms with E-state index in [1.807, 2.05) is 12.1 Å². The molecule has 3 nitrogen and oxygen atoms in total. The summed E-state index contributed by atoms with van der Waals surface area (Å²) in [5.74, 6) is 0.0132. The van der Waals surface area contributed by atoms with Gasteiger partial charge in [0, 0.05) is 23.5 Å². The average Bonchev–Trinajstić information content (AvgIpc) is 2.77. The van der Waals surface area contributed by atoms with E-state index in [4.69, 9.17) is 4.74 Å². The third-order valence-electron chi connectivity index (χ3n) is 2.99. The number of carbonyl (C=O) groups excluding carboxylic acids is 1. The summed E-state index contributed by atoms with van der Waals surface area (Å²) >= 11 is 3.45. The number of rotatable bonds is 2. The number of methoxy groups -OCH3 is 1. The van der Waals surface area contributed by atoms with Gasteiger partial charge in [0.05, 0.1) is 13.0 Å². The van der Waals surface area contributed by atoms with Crippen molar-refractivity contribution in [1.82, 2.24) is 5.32 Å². The molecule has 1 heterocycles. The SMILES string of the molecule is COC(=O)C1CNCC1c1cccc(Br)c1. The zero-order valence-corrected chi connectivity index (χ0v) is 10.7. The van der Waals surface area contributed by atoms with Crippen molar-refractivity contribution in [3.8, 4) is 0 Å². The molecule has 1 fully saturated rings. The van der Waals surface area contributed by atoms with Crippen molar-refractivity contribution >= 4 is 21.9 Å². The molecule has 0 aromatic heterocycles. The number of nitrogens with one attached hydrogen (secondary N) is 1. The van der Waals surface area contributed by atoms with Gasteiger partial charge in [-0.2, -0.15) is 0 Å². The number of hydrogen-bond donors (Lipinski definition) is 1. The zero-order chi connectivity index (χ0) is 11.5. The van der Waals surface area contributed by atoms with E-state index in [1.165, 1.54) is 12.7 Å². The Bertz CT molecular complexity index is 394. The summed E-state index contributed by atoms with van der Waals surface area (Å²) in [4.78, 5) is 11.6. The maximum atomic E-state index is 11.6. The Morgan fingerprint density at radius 2 is 2.31 bits per heavy atom. The van der Waals surface area contributed by atoms with Gasteiger partial charge in [0.1, 0.15) is 0 Å².